The lowest BCUT2D eigenvalue weighted by molar-refractivity contribution is 0.176. The quantitative estimate of drug-likeness (QED) is 0.904. The molecule has 1 aromatic carbocycles. The summed E-state index contributed by atoms with van der Waals surface area (Å²) in [6, 6.07) is 6.95. The van der Waals surface area contributed by atoms with Crippen molar-refractivity contribution < 1.29 is 9.47 Å². The highest BCUT2D eigenvalue weighted by Crippen LogP contribution is 2.38. The molecule has 0 aromatic heterocycles. The summed E-state index contributed by atoms with van der Waals surface area (Å²) in [5.74, 6) is 1.70. The van der Waals surface area contributed by atoms with Gasteiger partial charge in [-0.3, -0.25) is 0 Å². The standard InChI is InChI=1S/C16H23NO2/c1-2-17-15(13-8-10-18-11-13)14-7-3-5-12-6-4-9-19-16(12)14/h3,5,7,13,15,17H,2,4,6,8-11H2,1H3. The summed E-state index contributed by atoms with van der Waals surface area (Å²) in [5, 5.41) is 3.63. The Morgan fingerprint density at radius 3 is 3.11 bits per heavy atom. The lowest BCUT2D eigenvalue weighted by atomic mass is 9.89. The van der Waals surface area contributed by atoms with Crippen molar-refractivity contribution in [2.24, 2.45) is 5.92 Å². The van der Waals surface area contributed by atoms with E-state index in [-0.39, 0.29) is 0 Å². The largest absolute Gasteiger partial charge is 0.493 e. The summed E-state index contributed by atoms with van der Waals surface area (Å²) < 4.78 is 11.5. The van der Waals surface area contributed by atoms with E-state index in [0.717, 1.165) is 51.4 Å². The van der Waals surface area contributed by atoms with Gasteiger partial charge in [-0.05, 0) is 31.4 Å². The smallest absolute Gasteiger partial charge is 0.127 e. The van der Waals surface area contributed by atoms with Gasteiger partial charge in [-0.2, -0.15) is 0 Å². The van der Waals surface area contributed by atoms with Crippen LogP contribution in [0.2, 0.25) is 0 Å². The molecule has 0 aliphatic carbocycles. The van der Waals surface area contributed by atoms with Gasteiger partial charge in [0.1, 0.15) is 5.75 Å². The van der Waals surface area contributed by atoms with Gasteiger partial charge in [0, 0.05) is 24.1 Å². The number of para-hydroxylation sites is 1. The van der Waals surface area contributed by atoms with E-state index in [2.05, 4.69) is 30.4 Å². The molecule has 1 aromatic rings. The molecule has 0 amide bonds. The van der Waals surface area contributed by atoms with Crippen LogP contribution in [0.1, 0.15) is 36.9 Å². The highest BCUT2D eigenvalue weighted by atomic mass is 16.5. The lowest BCUT2D eigenvalue weighted by Crippen LogP contribution is -2.29. The minimum absolute atomic E-state index is 0.362. The maximum absolute atomic E-state index is 5.96. The minimum Gasteiger partial charge on any atom is -0.493 e. The first-order valence-corrected chi connectivity index (χ1v) is 7.46. The second-order valence-electron chi connectivity index (χ2n) is 5.45. The average molecular weight is 261 g/mol. The van der Waals surface area contributed by atoms with Crippen LogP contribution in [-0.4, -0.2) is 26.4 Å². The maximum Gasteiger partial charge on any atom is 0.127 e. The highest BCUT2D eigenvalue weighted by Gasteiger charge is 2.29. The fourth-order valence-corrected chi connectivity index (χ4v) is 3.23. The van der Waals surface area contributed by atoms with Crippen LogP contribution in [0.4, 0.5) is 0 Å². The zero-order chi connectivity index (χ0) is 13.1. The Morgan fingerprint density at radius 1 is 1.37 bits per heavy atom. The molecule has 19 heavy (non-hydrogen) atoms. The van der Waals surface area contributed by atoms with E-state index < -0.39 is 0 Å². The van der Waals surface area contributed by atoms with Crippen LogP contribution < -0.4 is 10.1 Å². The topological polar surface area (TPSA) is 30.5 Å². The molecule has 3 heteroatoms. The molecular formula is C16H23NO2. The van der Waals surface area contributed by atoms with Gasteiger partial charge in [0.15, 0.2) is 0 Å². The van der Waals surface area contributed by atoms with Crippen molar-refractivity contribution in [1.82, 2.24) is 5.32 Å². The SMILES string of the molecule is CCNC(c1cccc2c1OCCC2)C1CCOC1. The normalized spacial score (nSPS) is 23.7. The number of hydrogen-bond donors (Lipinski definition) is 1. The molecular weight excluding hydrogens is 238 g/mol. The molecule has 2 unspecified atom stereocenters. The highest BCUT2D eigenvalue weighted by molar-refractivity contribution is 5.44. The fraction of sp³-hybridized carbons (Fsp3) is 0.625. The molecule has 0 spiro atoms. The molecule has 2 aliphatic rings. The molecule has 2 atom stereocenters. The summed E-state index contributed by atoms with van der Waals surface area (Å²) in [4.78, 5) is 0. The molecule has 0 saturated carbocycles. The number of hydrogen-bond acceptors (Lipinski definition) is 3. The molecule has 1 fully saturated rings. The molecule has 3 rings (SSSR count). The van der Waals surface area contributed by atoms with Gasteiger partial charge < -0.3 is 14.8 Å². The second kappa shape index (κ2) is 5.93. The van der Waals surface area contributed by atoms with Crippen molar-refractivity contribution in [2.45, 2.75) is 32.2 Å². The third-order valence-corrected chi connectivity index (χ3v) is 4.16. The Kier molecular flexibility index (Phi) is 4.04. The summed E-state index contributed by atoms with van der Waals surface area (Å²) in [7, 11) is 0. The number of rotatable bonds is 4. The second-order valence-corrected chi connectivity index (χ2v) is 5.45. The van der Waals surface area contributed by atoms with E-state index in [1.165, 1.54) is 11.1 Å². The van der Waals surface area contributed by atoms with Gasteiger partial charge in [0.2, 0.25) is 0 Å². The molecule has 1 N–H and O–H groups in total. The van der Waals surface area contributed by atoms with Crippen molar-refractivity contribution in [1.29, 1.82) is 0 Å². The Hall–Kier alpha value is -1.06. The zero-order valence-electron chi connectivity index (χ0n) is 11.7. The maximum atomic E-state index is 5.96. The van der Waals surface area contributed by atoms with Crippen LogP contribution in [0, 0.1) is 5.92 Å². The summed E-state index contributed by atoms with van der Waals surface area (Å²) in [6.45, 7) is 5.75. The van der Waals surface area contributed by atoms with E-state index in [4.69, 9.17) is 9.47 Å². The average Bonchev–Trinajstić information content (AvgIpc) is 2.98. The third-order valence-electron chi connectivity index (χ3n) is 4.16. The van der Waals surface area contributed by atoms with Crippen molar-refractivity contribution >= 4 is 0 Å². The van der Waals surface area contributed by atoms with Gasteiger partial charge >= 0.3 is 0 Å². The van der Waals surface area contributed by atoms with Crippen LogP contribution >= 0.6 is 0 Å². The molecule has 2 heterocycles. The zero-order valence-corrected chi connectivity index (χ0v) is 11.7. The Labute approximate surface area is 115 Å². The molecule has 0 bridgehead atoms. The van der Waals surface area contributed by atoms with Gasteiger partial charge in [0.25, 0.3) is 0 Å². The molecule has 2 aliphatic heterocycles. The van der Waals surface area contributed by atoms with Gasteiger partial charge in [-0.25, -0.2) is 0 Å². The first kappa shape index (κ1) is 12.9. The molecule has 1 saturated heterocycles. The molecule has 3 nitrogen and oxygen atoms in total. The fourth-order valence-electron chi connectivity index (χ4n) is 3.23. The van der Waals surface area contributed by atoms with E-state index in [0.29, 0.717) is 12.0 Å². The predicted molar refractivity (Wildman–Crippen MR) is 75.6 cm³/mol. The summed E-state index contributed by atoms with van der Waals surface area (Å²) in [6.07, 6.45) is 3.42. The van der Waals surface area contributed by atoms with Gasteiger partial charge in [-0.1, -0.05) is 25.1 Å². The van der Waals surface area contributed by atoms with E-state index in [1.54, 1.807) is 0 Å². The van der Waals surface area contributed by atoms with E-state index >= 15 is 0 Å². The van der Waals surface area contributed by atoms with Crippen LogP contribution in [0.5, 0.6) is 5.75 Å². The number of fused-ring (bicyclic) bond motifs is 1. The number of nitrogens with one attached hydrogen (secondary N) is 1. The minimum atomic E-state index is 0.362. The molecule has 104 valence electrons. The predicted octanol–water partition coefficient (Wildman–Crippen LogP) is 2.70. The first-order valence-electron chi connectivity index (χ1n) is 7.46. The van der Waals surface area contributed by atoms with Crippen LogP contribution in [-0.2, 0) is 11.2 Å². The Balaban J connectivity index is 1.92. The van der Waals surface area contributed by atoms with Crippen molar-refractivity contribution in [3.05, 3.63) is 29.3 Å². The van der Waals surface area contributed by atoms with E-state index in [1.807, 2.05) is 0 Å². The monoisotopic (exact) mass is 261 g/mol. The van der Waals surface area contributed by atoms with Crippen molar-refractivity contribution in [3.63, 3.8) is 0 Å². The number of benzene rings is 1. The van der Waals surface area contributed by atoms with Crippen LogP contribution in [0.15, 0.2) is 18.2 Å². The van der Waals surface area contributed by atoms with Crippen molar-refractivity contribution in [3.8, 4) is 5.75 Å². The van der Waals surface area contributed by atoms with Crippen molar-refractivity contribution in [2.75, 3.05) is 26.4 Å². The lowest BCUT2D eigenvalue weighted by Gasteiger charge is -2.28. The Morgan fingerprint density at radius 2 is 2.32 bits per heavy atom. The van der Waals surface area contributed by atoms with Crippen LogP contribution in [0.25, 0.3) is 0 Å². The van der Waals surface area contributed by atoms with Gasteiger partial charge in [-0.15, -0.1) is 0 Å². The Bertz CT molecular complexity index is 427. The van der Waals surface area contributed by atoms with E-state index in [9.17, 15) is 0 Å². The summed E-state index contributed by atoms with van der Waals surface area (Å²) in [5.41, 5.74) is 2.69. The van der Waals surface area contributed by atoms with Crippen LogP contribution in [0.3, 0.4) is 0 Å². The number of ether oxygens (including phenoxy) is 2. The van der Waals surface area contributed by atoms with Gasteiger partial charge in [0.05, 0.1) is 13.2 Å². The summed E-state index contributed by atoms with van der Waals surface area (Å²) >= 11 is 0. The molecule has 0 radical (unpaired) electrons. The first-order chi connectivity index (χ1) is 9.40. The number of aryl methyl sites for hydroxylation is 1. The third kappa shape index (κ3) is 2.63.